The summed E-state index contributed by atoms with van der Waals surface area (Å²) in [6, 6.07) is 7.78. The number of rotatable bonds is 7. The van der Waals surface area contributed by atoms with E-state index in [1.54, 1.807) is 0 Å². The van der Waals surface area contributed by atoms with Crippen molar-refractivity contribution in [3.05, 3.63) is 51.7 Å². The Morgan fingerprint density at radius 1 is 1.02 bits per heavy atom. The van der Waals surface area contributed by atoms with Gasteiger partial charge in [0.1, 0.15) is 0 Å². The molecule has 40 heavy (non-hydrogen) atoms. The molecule has 0 spiro atoms. The first-order valence-corrected chi connectivity index (χ1v) is 16.0. The molecule has 3 saturated carbocycles. The normalized spacial score (nSPS) is 35.5. The molecule has 4 aliphatic rings. The third kappa shape index (κ3) is 5.31. The van der Waals surface area contributed by atoms with Crippen molar-refractivity contribution >= 4 is 5.97 Å². The first kappa shape index (κ1) is 29.1. The topological polar surface area (TPSA) is 67.2 Å². The van der Waals surface area contributed by atoms with E-state index in [1.807, 2.05) is 6.07 Å². The fourth-order valence-electron chi connectivity index (χ4n) is 9.79. The lowest BCUT2D eigenvalue weighted by atomic mass is 9.46. The molecule has 4 heteroatoms. The van der Waals surface area contributed by atoms with E-state index in [9.17, 15) is 9.59 Å². The van der Waals surface area contributed by atoms with Crippen LogP contribution in [0.2, 0.25) is 0 Å². The molecule has 0 radical (unpaired) electrons. The van der Waals surface area contributed by atoms with Gasteiger partial charge < -0.3 is 4.74 Å². The third-order valence-electron chi connectivity index (χ3n) is 12.0. The number of carbonyl (C=O) groups excluding carboxylic acids is 1. The van der Waals surface area contributed by atoms with Crippen LogP contribution in [-0.2, 0) is 4.79 Å². The quantitative estimate of drug-likeness (QED) is 0.255. The molecule has 0 saturated heterocycles. The molecule has 4 nitrogen and oxygen atoms in total. The summed E-state index contributed by atoms with van der Waals surface area (Å²) in [5.41, 5.74) is 2.10. The minimum Gasteiger partial charge on any atom is -0.422 e. The summed E-state index contributed by atoms with van der Waals surface area (Å²) in [6.07, 6.45) is 15.8. The van der Waals surface area contributed by atoms with Gasteiger partial charge in [-0.1, -0.05) is 65.5 Å². The lowest BCUT2D eigenvalue weighted by molar-refractivity contribution is -0.140. The van der Waals surface area contributed by atoms with Crippen LogP contribution in [-0.4, -0.2) is 5.97 Å². The molecule has 4 aliphatic carbocycles. The molecule has 0 aliphatic heterocycles. The number of nitrogens with zero attached hydrogens (tertiary/aromatic N) is 1. The van der Waals surface area contributed by atoms with Gasteiger partial charge >= 0.3 is 5.97 Å². The number of ether oxygens (including phenoxy) is 1. The Balaban J connectivity index is 1.27. The summed E-state index contributed by atoms with van der Waals surface area (Å²) in [5.74, 6) is 4.29. The van der Waals surface area contributed by atoms with Crippen LogP contribution in [0, 0.1) is 63.6 Å². The van der Waals surface area contributed by atoms with Gasteiger partial charge in [-0.25, -0.2) is 0 Å². The number of fused-ring (bicyclic) bond motifs is 5. The molecule has 3 fully saturated rings. The first-order valence-electron chi connectivity index (χ1n) is 16.0. The highest BCUT2D eigenvalue weighted by Crippen LogP contribution is 2.67. The smallest absolute Gasteiger partial charge is 0.314 e. The zero-order chi connectivity index (χ0) is 28.7. The molecule has 0 bridgehead atoms. The van der Waals surface area contributed by atoms with Crippen molar-refractivity contribution < 1.29 is 9.53 Å². The number of esters is 1. The van der Waals surface area contributed by atoms with Crippen LogP contribution in [0.1, 0.15) is 111 Å². The predicted molar refractivity (Wildman–Crippen MR) is 160 cm³/mol. The second-order valence-corrected chi connectivity index (χ2v) is 14.6. The highest BCUT2D eigenvalue weighted by Gasteiger charge is 2.59. The average Bonchev–Trinajstić information content (AvgIpc) is 3.18. The van der Waals surface area contributed by atoms with E-state index in [0.29, 0.717) is 16.9 Å². The van der Waals surface area contributed by atoms with Crippen molar-refractivity contribution in [2.75, 3.05) is 0 Å². The first-order chi connectivity index (χ1) is 19.1. The number of nitriles is 1. The second-order valence-electron chi connectivity index (χ2n) is 14.6. The van der Waals surface area contributed by atoms with Gasteiger partial charge in [0, 0.05) is 0 Å². The SMILES string of the molecule is CC(C)CCC[C@@H](C)[C@H]1CC[C@H]2[C@@H]3CC=C4C[C@@H](C(=O)Oc5ccc(C#N)ccc5=O)CC[C@]4(C)[C@H]3CC[C@]12C. The Kier molecular flexibility index (Phi) is 8.34. The van der Waals surface area contributed by atoms with Crippen LogP contribution in [0.15, 0.2) is 40.7 Å². The molecule has 0 aromatic heterocycles. The molecule has 0 unspecified atom stereocenters. The zero-order valence-corrected chi connectivity index (χ0v) is 25.4. The molecule has 8 atom stereocenters. The summed E-state index contributed by atoms with van der Waals surface area (Å²) in [7, 11) is 0. The monoisotopic (exact) mass is 543 g/mol. The van der Waals surface area contributed by atoms with Crippen LogP contribution in [0.5, 0.6) is 5.75 Å². The van der Waals surface area contributed by atoms with Gasteiger partial charge in [0.05, 0.1) is 17.6 Å². The van der Waals surface area contributed by atoms with E-state index in [-0.39, 0.29) is 28.5 Å². The van der Waals surface area contributed by atoms with Crippen LogP contribution in [0.4, 0.5) is 0 Å². The zero-order valence-electron chi connectivity index (χ0n) is 25.4. The van der Waals surface area contributed by atoms with Gasteiger partial charge in [0.15, 0.2) is 5.75 Å². The van der Waals surface area contributed by atoms with Gasteiger partial charge in [-0.3, -0.25) is 9.59 Å². The van der Waals surface area contributed by atoms with Crippen molar-refractivity contribution in [2.24, 2.45) is 52.3 Å². The number of hydrogen-bond donors (Lipinski definition) is 0. The van der Waals surface area contributed by atoms with E-state index in [0.717, 1.165) is 55.3 Å². The van der Waals surface area contributed by atoms with Gasteiger partial charge in [0.25, 0.3) is 0 Å². The van der Waals surface area contributed by atoms with Crippen LogP contribution in [0.3, 0.4) is 0 Å². The summed E-state index contributed by atoms with van der Waals surface area (Å²) in [4.78, 5) is 25.6. The van der Waals surface area contributed by atoms with Crippen LogP contribution < -0.4 is 10.2 Å². The molecule has 5 rings (SSSR count). The Bertz CT molecular complexity index is 1240. The van der Waals surface area contributed by atoms with Gasteiger partial charge in [-0.15, -0.1) is 0 Å². The van der Waals surface area contributed by atoms with E-state index in [2.05, 4.69) is 40.7 Å². The van der Waals surface area contributed by atoms with E-state index in [4.69, 9.17) is 10.00 Å². The Morgan fingerprint density at radius 3 is 2.55 bits per heavy atom. The standard InChI is InChI=1S/C36H49NO3/c1-23(2)7-6-8-24(3)29-13-14-30-28-12-11-27-21-26(17-19-35(27,4)31(28)18-20-36(29,30)5)34(39)40-33-16-10-25(22-37)9-15-32(33)38/h9-11,15-16,23-24,26,28-31H,6-8,12-14,17-21H2,1-5H3/t24-,26+,28+,29-,30+,31+,35+,36-/m1/s1. The van der Waals surface area contributed by atoms with Gasteiger partial charge in [-0.05, 0) is 122 Å². The minimum atomic E-state index is -0.371. The molecular weight excluding hydrogens is 494 g/mol. The van der Waals surface area contributed by atoms with E-state index in [1.165, 1.54) is 74.8 Å². The summed E-state index contributed by atoms with van der Waals surface area (Å²) >= 11 is 0. The molecule has 1 aromatic rings. The largest absolute Gasteiger partial charge is 0.422 e. The Hall–Kier alpha value is -2.41. The maximum Gasteiger partial charge on any atom is 0.314 e. The fourth-order valence-corrected chi connectivity index (χ4v) is 9.79. The van der Waals surface area contributed by atoms with E-state index < -0.39 is 0 Å². The third-order valence-corrected chi connectivity index (χ3v) is 12.0. The fraction of sp³-hybridized carbons (Fsp3) is 0.694. The Morgan fingerprint density at radius 2 is 1.80 bits per heavy atom. The number of carbonyl (C=O) groups is 1. The molecule has 216 valence electrons. The predicted octanol–water partition coefficient (Wildman–Crippen LogP) is 8.48. The summed E-state index contributed by atoms with van der Waals surface area (Å²) < 4.78 is 5.62. The minimum absolute atomic E-state index is 0.0123. The average molecular weight is 544 g/mol. The second kappa shape index (κ2) is 11.5. The number of allylic oxidation sites excluding steroid dienone is 2. The van der Waals surface area contributed by atoms with Crippen molar-refractivity contribution in [3.63, 3.8) is 0 Å². The van der Waals surface area contributed by atoms with E-state index >= 15 is 0 Å². The maximum atomic E-state index is 13.2. The van der Waals surface area contributed by atoms with Crippen molar-refractivity contribution in [1.29, 1.82) is 5.26 Å². The van der Waals surface area contributed by atoms with Crippen LogP contribution in [0.25, 0.3) is 0 Å². The van der Waals surface area contributed by atoms with Crippen molar-refractivity contribution in [2.45, 2.75) is 105 Å². The molecular formula is C36H49NO3. The summed E-state index contributed by atoms with van der Waals surface area (Å²) in [5, 5.41) is 9.12. The molecule has 0 N–H and O–H groups in total. The van der Waals surface area contributed by atoms with Gasteiger partial charge in [0.2, 0.25) is 5.43 Å². The highest BCUT2D eigenvalue weighted by atomic mass is 16.5. The lowest BCUT2D eigenvalue weighted by Gasteiger charge is -2.58. The molecule has 0 heterocycles. The van der Waals surface area contributed by atoms with Crippen molar-refractivity contribution in [3.8, 4) is 11.8 Å². The summed E-state index contributed by atoms with van der Waals surface area (Å²) in [6.45, 7) is 12.4. The number of hydrogen-bond acceptors (Lipinski definition) is 4. The Labute approximate surface area is 241 Å². The molecule has 0 amide bonds. The molecule has 1 aromatic carbocycles. The maximum absolute atomic E-state index is 13.2. The highest BCUT2D eigenvalue weighted by molar-refractivity contribution is 5.75. The van der Waals surface area contributed by atoms with Crippen LogP contribution >= 0.6 is 0 Å². The van der Waals surface area contributed by atoms with Gasteiger partial charge in [-0.2, -0.15) is 5.26 Å². The lowest BCUT2D eigenvalue weighted by Crippen LogP contribution is -2.51. The van der Waals surface area contributed by atoms with Crippen molar-refractivity contribution in [1.82, 2.24) is 0 Å².